The first-order valence-corrected chi connectivity index (χ1v) is 12.0. The minimum atomic E-state index is -1.07. The zero-order valence-corrected chi connectivity index (χ0v) is 21.1. The molecule has 1 fully saturated rings. The van der Waals surface area contributed by atoms with E-state index in [1.54, 1.807) is 38.2 Å². The summed E-state index contributed by atoms with van der Waals surface area (Å²) in [5, 5.41) is 4.25. The van der Waals surface area contributed by atoms with Crippen molar-refractivity contribution in [1.82, 2.24) is 24.6 Å². The number of rotatable bonds is 9. The molecular weight excluding hydrogens is 459 g/mol. The number of hydrogen-bond acceptors (Lipinski definition) is 7. The molecule has 0 atom stereocenters. The number of likely N-dealkylation sites (tertiary alicyclic amines) is 1. The van der Waals surface area contributed by atoms with E-state index in [2.05, 4.69) is 32.0 Å². The highest BCUT2D eigenvalue weighted by Crippen LogP contribution is 2.34. The van der Waals surface area contributed by atoms with E-state index < -0.39 is 5.67 Å². The number of aromatic nitrogens is 4. The molecule has 36 heavy (non-hydrogen) atoms. The van der Waals surface area contributed by atoms with Gasteiger partial charge in [0.25, 0.3) is 0 Å². The Morgan fingerprint density at radius 1 is 1.00 bits per heavy atom. The average molecular weight is 491 g/mol. The molecular formula is C27H31FN6O2. The lowest BCUT2D eigenvalue weighted by molar-refractivity contribution is -0.0171. The Bertz CT molecular complexity index is 1340. The first-order chi connectivity index (χ1) is 17.3. The molecule has 1 aliphatic heterocycles. The monoisotopic (exact) mass is 490 g/mol. The molecule has 2 aromatic heterocycles. The quantitative estimate of drug-likeness (QED) is 0.339. The number of alkyl halides is 1. The van der Waals surface area contributed by atoms with Crippen LogP contribution in [-0.4, -0.2) is 70.7 Å². The van der Waals surface area contributed by atoms with Crippen molar-refractivity contribution in [3.05, 3.63) is 55.0 Å². The number of ether oxygens (including phenoxy) is 2. The van der Waals surface area contributed by atoms with Gasteiger partial charge >= 0.3 is 0 Å². The first kappa shape index (κ1) is 24.0. The number of methoxy groups -OCH3 is 2. The number of benzene rings is 2. The van der Waals surface area contributed by atoms with Gasteiger partial charge in [0.2, 0.25) is 0 Å². The summed E-state index contributed by atoms with van der Waals surface area (Å²) in [4.78, 5) is 13.8. The van der Waals surface area contributed by atoms with Gasteiger partial charge in [-0.05, 0) is 31.5 Å². The fourth-order valence-electron chi connectivity index (χ4n) is 4.71. The minimum Gasteiger partial charge on any atom is -0.497 e. The SMILES string of the molecule is COc1cc(OC)cc(N(CCCN2CC(C)(F)C2)c2ccc3ncc(-c4cnn(C)c4)nc3c2)c1. The Kier molecular flexibility index (Phi) is 6.49. The molecule has 0 aliphatic carbocycles. The Morgan fingerprint density at radius 3 is 2.39 bits per heavy atom. The molecule has 0 unspecified atom stereocenters. The van der Waals surface area contributed by atoms with Gasteiger partial charge in [0.15, 0.2) is 0 Å². The summed E-state index contributed by atoms with van der Waals surface area (Å²) in [6.45, 7) is 4.20. The van der Waals surface area contributed by atoms with Gasteiger partial charge in [0.05, 0.1) is 43.3 Å². The fourth-order valence-corrected chi connectivity index (χ4v) is 4.71. The molecule has 0 radical (unpaired) electrons. The minimum absolute atomic E-state index is 0.489. The Labute approximate surface area is 210 Å². The highest BCUT2D eigenvalue weighted by molar-refractivity contribution is 5.82. The van der Waals surface area contributed by atoms with Gasteiger partial charge in [-0.2, -0.15) is 5.10 Å². The van der Waals surface area contributed by atoms with Crippen LogP contribution in [0.5, 0.6) is 11.5 Å². The van der Waals surface area contributed by atoms with Crippen molar-refractivity contribution < 1.29 is 13.9 Å². The maximum Gasteiger partial charge on any atom is 0.133 e. The van der Waals surface area contributed by atoms with Crippen LogP contribution in [0.15, 0.2) is 55.0 Å². The molecule has 1 saturated heterocycles. The summed E-state index contributed by atoms with van der Waals surface area (Å²) in [5.41, 5.74) is 4.16. The van der Waals surface area contributed by atoms with E-state index in [9.17, 15) is 4.39 Å². The smallest absolute Gasteiger partial charge is 0.133 e. The number of aryl methyl sites for hydroxylation is 1. The van der Waals surface area contributed by atoms with E-state index in [-0.39, 0.29) is 0 Å². The summed E-state index contributed by atoms with van der Waals surface area (Å²) in [6.07, 6.45) is 6.35. The summed E-state index contributed by atoms with van der Waals surface area (Å²) >= 11 is 0. The number of fused-ring (bicyclic) bond motifs is 1. The fraction of sp³-hybridized carbons (Fsp3) is 0.370. The van der Waals surface area contributed by atoms with Crippen molar-refractivity contribution >= 4 is 22.4 Å². The molecule has 188 valence electrons. The molecule has 4 aromatic rings. The third-order valence-corrected chi connectivity index (χ3v) is 6.45. The molecule has 3 heterocycles. The van der Waals surface area contributed by atoms with E-state index in [1.165, 1.54) is 0 Å². The van der Waals surface area contributed by atoms with Crippen LogP contribution in [0.2, 0.25) is 0 Å². The molecule has 2 aromatic carbocycles. The molecule has 0 N–H and O–H groups in total. The van der Waals surface area contributed by atoms with Gasteiger partial charge in [-0.25, -0.2) is 9.37 Å². The van der Waals surface area contributed by atoms with E-state index in [4.69, 9.17) is 14.5 Å². The number of hydrogen-bond donors (Lipinski definition) is 0. The van der Waals surface area contributed by atoms with Crippen molar-refractivity contribution in [3.8, 4) is 22.8 Å². The Morgan fingerprint density at radius 2 is 1.75 bits per heavy atom. The highest BCUT2D eigenvalue weighted by atomic mass is 19.1. The number of anilines is 2. The lowest BCUT2D eigenvalue weighted by Crippen LogP contribution is -2.57. The first-order valence-electron chi connectivity index (χ1n) is 12.0. The average Bonchev–Trinajstić information content (AvgIpc) is 3.30. The van der Waals surface area contributed by atoms with Crippen LogP contribution in [0.1, 0.15) is 13.3 Å². The largest absolute Gasteiger partial charge is 0.497 e. The van der Waals surface area contributed by atoms with Crippen LogP contribution in [0, 0.1) is 0 Å². The molecule has 9 heteroatoms. The van der Waals surface area contributed by atoms with Crippen LogP contribution >= 0.6 is 0 Å². The third kappa shape index (κ3) is 5.11. The predicted molar refractivity (Wildman–Crippen MR) is 139 cm³/mol. The van der Waals surface area contributed by atoms with Crippen molar-refractivity contribution in [2.24, 2.45) is 7.05 Å². The van der Waals surface area contributed by atoms with Gasteiger partial charge in [0.1, 0.15) is 17.2 Å². The summed E-state index contributed by atoms with van der Waals surface area (Å²) in [7, 11) is 5.17. The molecule has 1 aliphatic rings. The van der Waals surface area contributed by atoms with Crippen LogP contribution in [0.25, 0.3) is 22.3 Å². The zero-order valence-electron chi connectivity index (χ0n) is 21.1. The summed E-state index contributed by atoms with van der Waals surface area (Å²) in [5.74, 6) is 1.43. The highest BCUT2D eigenvalue weighted by Gasteiger charge is 2.38. The molecule has 8 nitrogen and oxygen atoms in total. The van der Waals surface area contributed by atoms with Crippen LogP contribution < -0.4 is 14.4 Å². The molecule has 5 rings (SSSR count). The van der Waals surface area contributed by atoms with Gasteiger partial charge < -0.3 is 14.4 Å². The van der Waals surface area contributed by atoms with Gasteiger partial charge in [0, 0.05) is 74.6 Å². The second kappa shape index (κ2) is 9.73. The lowest BCUT2D eigenvalue weighted by Gasteiger charge is -2.42. The third-order valence-electron chi connectivity index (χ3n) is 6.45. The maximum absolute atomic E-state index is 13.9. The van der Waals surface area contributed by atoms with Crippen LogP contribution in [0.3, 0.4) is 0 Å². The predicted octanol–water partition coefficient (Wildman–Crippen LogP) is 4.62. The second-order valence-corrected chi connectivity index (χ2v) is 9.53. The van der Waals surface area contributed by atoms with Crippen molar-refractivity contribution in [2.75, 3.05) is 45.3 Å². The Balaban J connectivity index is 1.48. The maximum atomic E-state index is 13.9. The van der Waals surface area contributed by atoms with E-state index in [0.717, 1.165) is 53.2 Å². The van der Waals surface area contributed by atoms with Crippen LogP contribution in [0.4, 0.5) is 15.8 Å². The Hall–Kier alpha value is -3.72. The van der Waals surface area contributed by atoms with Crippen molar-refractivity contribution in [1.29, 1.82) is 0 Å². The van der Waals surface area contributed by atoms with E-state index in [1.807, 2.05) is 37.5 Å². The lowest BCUT2D eigenvalue weighted by atomic mass is 9.99. The number of nitrogens with zero attached hydrogens (tertiary/aromatic N) is 6. The summed E-state index contributed by atoms with van der Waals surface area (Å²) in [6, 6.07) is 11.9. The zero-order chi connectivity index (χ0) is 25.3. The van der Waals surface area contributed by atoms with Crippen LogP contribution in [-0.2, 0) is 7.05 Å². The summed E-state index contributed by atoms with van der Waals surface area (Å²) < 4.78 is 26.7. The molecule has 0 bridgehead atoms. The second-order valence-electron chi connectivity index (χ2n) is 9.53. The molecule has 0 spiro atoms. The molecule has 0 amide bonds. The topological polar surface area (TPSA) is 68.5 Å². The number of halogens is 1. The van der Waals surface area contributed by atoms with Gasteiger partial charge in [-0.15, -0.1) is 0 Å². The van der Waals surface area contributed by atoms with Crippen molar-refractivity contribution in [3.63, 3.8) is 0 Å². The molecule has 0 saturated carbocycles. The van der Waals surface area contributed by atoms with Crippen molar-refractivity contribution in [2.45, 2.75) is 19.0 Å². The van der Waals surface area contributed by atoms with Gasteiger partial charge in [-0.1, -0.05) is 0 Å². The standard InChI is InChI=1S/C27H31FN6O2/c1-27(28)17-33(18-27)8-5-9-34(21-10-22(35-3)13-23(11-21)36-4)20-6-7-24-25(12-20)31-26(15-29-24)19-14-30-32(2)16-19/h6-7,10-16H,5,8-9,17-18H2,1-4H3. The van der Waals surface area contributed by atoms with Gasteiger partial charge in [-0.3, -0.25) is 14.6 Å². The normalized spacial score (nSPS) is 15.0. The van der Waals surface area contributed by atoms with E-state index in [0.29, 0.717) is 24.6 Å². The van der Waals surface area contributed by atoms with E-state index >= 15 is 0 Å².